The summed E-state index contributed by atoms with van der Waals surface area (Å²) in [6, 6.07) is 9.03. The monoisotopic (exact) mass is 418 g/mol. The van der Waals surface area contributed by atoms with Crippen LogP contribution in [0.2, 0.25) is 0 Å². The van der Waals surface area contributed by atoms with Crippen LogP contribution in [0.3, 0.4) is 0 Å². The third-order valence-electron chi connectivity index (χ3n) is 4.07. The number of rotatable bonds is 6. The molecule has 0 atom stereocenters. The van der Waals surface area contributed by atoms with Crippen molar-refractivity contribution in [2.24, 2.45) is 4.99 Å². The van der Waals surface area contributed by atoms with Crippen LogP contribution in [0.25, 0.3) is 10.2 Å². The molecule has 0 aliphatic carbocycles. The number of halogens is 1. The van der Waals surface area contributed by atoms with Crippen molar-refractivity contribution < 1.29 is 28.2 Å². The molecule has 0 fully saturated rings. The maximum atomic E-state index is 13.6. The van der Waals surface area contributed by atoms with Gasteiger partial charge in [0.1, 0.15) is 12.4 Å². The van der Waals surface area contributed by atoms with Crippen LogP contribution in [-0.2, 0) is 16.1 Å². The number of hydrogen-bond donors (Lipinski definition) is 0. The molecular weight excluding hydrogens is 399 g/mol. The summed E-state index contributed by atoms with van der Waals surface area (Å²) in [5, 5.41) is 0. The molecule has 29 heavy (non-hydrogen) atoms. The number of carbonyl (C=O) groups is 2. The zero-order valence-electron chi connectivity index (χ0n) is 16.1. The number of nitrogens with zero attached hydrogens (tertiary/aromatic N) is 2. The molecule has 152 valence electrons. The van der Waals surface area contributed by atoms with Crippen LogP contribution >= 0.6 is 11.3 Å². The van der Waals surface area contributed by atoms with Gasteiger partial charge in [0.15, 0.2) is 16.3 Å². The number of thiazole rings is 1. The van der Waals surface area contributed by atoms with E-state index in [4.69, 9.17) is 14.2 Å². The molecule has 1 amide bonds. The molecule has 1 aromatic heterocycles. The van der Waals surface area contributed by atoms with E-state index < -0.39 is 17.7 Å². The highest BCUT2D eigenvalue weighted by Gasteiger charge is 2.18. The van der Waals surface area contributed by atoms with E-state index in [0.29, 0.717) is 16.0 Å². The summed E-state index contributed by atoms with van der Waals surface area (Å²) in [7, 11) is 2.90. The van der Waals surface area contributed by atoms with E-state index in [1.54, 1.807) is 25.1 Å². The summed E-state index contributed by atoms with van der Waals surface area (Å²) in [6.45, 7) is 1.77. The van der Waals surface area contributed by atoms with Gasteiger partial charge in [0, 0.05) is 0 Å². The highest BCUT2D eigenvalue weighted by molar-refractivity contribution is 7.16. The van der Waals surface area contributed by atoms with Crippen molar-refractivity contribution >= 4 is 33.4 Å². The fourth-order valence-electron chi connectivity index (χ4n) is 2.82. The average Bonchev–Trinajstić information content (AvgIpc) is 3.03. The van der Waals surface area contributed by atoms with Gasteiger partial charge in [-0.2, -0.15) is 4.99 Å². The zero-order valence-corrected chi connectivity index (χ0v) is 16.9. The van der Waals surface area contributed by atoms with Gasteiger partial charge >= 0.3 is 5.97 Å². The molecule has 3 aromatic rings. The number of methoxy groups -OCH3 is 2. The first-order valence-corrected chi connectivity index (χ1v) is 9.54. The Morgan fingerprint density at radius 3 is 2.66 bits per heavy atom. The van der Waals surface area contributed by atoms with E-state index in [0.717, 1.165) is 11.3 Å². The fourth-order valence-corrected chi connectivity index (χ4v) is 3.88. The van der Waals surface area contributed by atoms with Crippen molar-refractivity contribution in [3.8, 4) is 11.5 Å². The number of amides is 1. The predicted octanol–water partition coefficient (Wildman–Crippen LogP) is 3.16. The molecule has 0 unspecified atom stereocenters. The Morgan fingerprint density at radius 2 is 1.97 bits per heavy atom. The summed E-state index contributed by atoms with van der Waals surface area (Å²) in [4.78, 5) is 29.3. The molecule has 7 nitrogen and oxygen atoms in total. The Morgan fingerprint density at radius 1 is 1.17 bits per heavy atom. The summed E-state index contributed by atoms with van der Waals surface area (Å²) >= 11 is 1.10. The predicted molar refractivity (Wildman–Crippen MR) is 106 cm³/mol. The highest BCUT2D eigenvalue weighted by atomic mass is 32.1. The highest BCUT2D eigenvalue weighted by Crippen LogP contribution is 2.31. The van der Waals surface area contributed by atoms with E-state index in [9.17, 15) is 14.0 Å². The van der Waals surface area contributed by atoms with Gasteiger partial charge in [0.05, 0.1) is 36.6 Å². The van der Waals surface area contributed by atoms with Crippen LogP contribution in [0.5, 0.6) is 11.5 Å². The van der Waals surface area contributed by atoms with Crippen LogP contribution in [0.15, 0.2) is 41.4 Å². The van der Waals surface area contributed by atoms with E-state index in [1.807, 2.05) is 0 Å². The molecule has 0 radical (unpaired) electrons. The first-order chi connectivity index (χ1) is 14.0. The number of fused-ring (bicyclic) bond motifs is 1. The number of hydrogen-bond acceptors (Lipinski definition) is 6. The van der Waals surface area contributed by atoms with Crippen LogP contribution in [0, 0.1) is 5.82 Å². The summed E-state index contributed by atoms with van der Waals surface area (Å²) in [5.74, 6) is -0.830. The van der Waals surface area contributed by atoms with Crippen LogP contribution < -0.4 is 14.3 Å². The average molecular weight is 418 g/mol. The van der Waals surface area contributed by atoms with Gasteiger partial charge in [-0.05, 0) is 37.3 Å². The normalized spacial score (nSPS) is 11.5. The SMILES string of the molecule is CCOC(=O)Cn1c(=NC(=O)c2cccc(OC)c2OC)sc2cc(F)ccc21. The van der Waals surface area contributed by atoms with E-state index in [1.165, 1.54) is 37.0 Å². The molecule has 0 aliphatic heterocycles. The molecule has 0 saturated heterocycles. The van der Waals surface area contributed by atoms with Crippen molar-refractivity contribution in [1.82, 2.24) is 4.57 Å². The van der Waals surface area contributed by atoms with Gasteiger partial charge in [-0.15, -0.1) is 0 Å². The van der Waals surface area contributed by atoms with Crippen LogP contribution in [0.1, 0.15) is 17.3 Å². The van der Waals surface area contributed by atoms with Crippen molar-refractivity contribution in [2.75, 3.05) is 20.8 Å². The maximum Gasteiger partial charge on any atom is 0.326 e. The second-order valence-electron chi connectivity index (χ2n) is 5.85. The van der Waals surface area contributed by atoms with Gasteiger partial charge < -0.3 is 18.8 Å². The first-order valence-electron chi connectivity index (χ1n) is 8.73. The molecule has 2 aromatic carbocycles. The lowest BCUT2D eigenvalue weighted by molar-refractivity contribution is -0.143. The Kier molecular flexibility index (Phi) is 6.28. The number of carbonyl (C=O) groups excluding carboxylic acids is 2. The van der Waals surface area contributed by atoms with E-state index in [2.05, 4.69) is 4.99 Å². The minimum atomic E-state index is -0.578. The largest absolute Gasteiger partial charge is 0.493 e. The Hall–Kier alpha value is -3.20. The summed E-state index contributed by atoms with van der Waals surface area (Å²) in [6.07, 6.45) is 0. The van der Waals surface area contributed by atoms with Gasteiger partial charge in [0.2, 0.25) is 0 Å². The molecule has 0 saturated carbocycles. The Labute approximate surface area is 170 Å². The second-order valence-corrected chi connectivity index (χ2v) is 6.85. The van der Waals surface area contributed by atoms with Gasteiger partial charge in [-0.1, -0.05) is 17.4 Å². The first kappa shape index (κ1) is 20.5. The maximum absolute atomic E-state index is 13.6. The molecule has 0 spiro atoms. The zero-order chi connectivity index (χ0) is 21.0. The molecule has 0 bridgehead atoms. The number of ether oxygens (including phenoxy) is 3. The van der Waals surface area contributed by atoms with Crippen molar-refractivity contribution in [2.45, 2.75) is 13.5 Å². The van der Waals surface area contributed by atoms with Gasteiger partial charge in [0.25, 0.3) is 5.91 Å². The molecule has 0 aliphatic rings. The van der Waals surface area contributed by atoms with Crippen molar-refractivity contribution in [1.29, 1.82) is 0 Å². The number of esters is 1. The van der Waals surface area contributed by atoms with Gasteiger partial charge in [-0.25, -0.2) is 4.39 Å². The van der Waals surface area contributed by atoms with E-state index >= 15 is 0 Å². The van der Waals surface area contributed by atoms with E-state index in [-0.39, 0.29) is 29.3 Å². The molecular formula is C20H19FN2O5S. The lowest BCUT2D eigenvalue weighted by atomic mass is 10.2. The smallest absolute Gasteiger partial charge is 0.326 e. The molecule has 9 heteroatoms. The fraction of sp³-hybridized carbons (Fsp3) is 0.250. The van der Waals surface area contributed by atoms with Crippen LogP contribution in [-0.4, -0.2) is 37.3 Å². The topological polar surface area (TPSA) is 79.1 Å². The Balaban J connectivity index is 2.14. The van der Waals surface area contributed by atoms with Crippen molar-refractivity contribution in [3.05, 3.63) is 52.6 Å². The van der Waals surface area contributed by atoms with Crippen molar-refractivity contribution in [3.63, 3.8) is 0 Å². The standard InChI is InChI=1S/C20H19FN2O5S/c1-4-28-17(24)11-23-14-9-8-12(21)10-16(14)29-20(23)22-19(25)13-6-5-7-15(26-2)18(13)27-3/h5-10H,4,11H2,1-3H3. The van der Waals surface area contributed by atoms with Gasteiger partial charge in [-0.3, -0.25) is 9.59 Å². The third-order valence-corrected chi connectivity index (χ3v) is 5.11. The summed E-state index contributed by atoms with van der Waals surface area (Å²) < 4.78 is 31.3. The number of aromatic nitrogens is 1. The minimum Gasteiger partial charge on any atom is -0.493 e. The lowest BCUT2D eigenvalue weighted by Crippen LogP contribution is -2.23. The minimum absolute atomic E-state index is 0.152. The Bertz CT molecular complexity index is 1140. The molecule has 1 heterocycles. The lowest BCUT2D eigenvalue weighted by Gasteiger charge is -2.10. The molecule has 0 N–H and O–H groups in total. The second kappa shape index (κ2) is 8.87. The number of para-hydroxylation sites is 1. The molecule has 3 rings (SSSR count). The number of benzene rings is 2. The summed E-state index contributed by atoms with van der Waals surface area (Å²) in [5.41, 5.74) is 0.784. The third kappa shape index (κ3) is 4.29. The van der Waals surface area contributed by atoms with Crippen LogP contribution in [0.4, 0.5) is 4.39 Å². The quantitative estimate of drug-likeness (QED) is 0.575.